The second-order valence-electron chi connectivity index (χ2n) is 6.93. The number of aliphatic imine (C=N–C) groups is 1. The summed E-state index contributed by atoms with van der Waals surface area (Å²) in [6.07, 6.45) is 0.212. The van der Waals surface area contributed by atoms with E-state index >= 15 is 0 Å². The van der Waals surface area contributed by atoms with E-state index in [4.69, 9.17) is 0 Å². The monoisotopic (exact) mass is 416 g/mol. The molecule has 2 aromatic carbocycles. The van der Waals surface area contributed by atoms with Crippen molar-refractivity contribution in [3.63, 3.8) is 0 Å². The zero-order valence-corrected chi connectivity index (χ0v) is 16.5. The van der Waals surface area contributed by atoms with Gasteiger partial charge in [0.2, 0.25) is 5.91 Å². The summed E-state index contributed by atoms with van der Waals surface area (Å²) in [7, 11) is -3.57. The Morgan fingerprint density at radius 1 is 1.03 bits per heavy atom. The number of halogens is 1. The van der Waals surface area contributed by atoms with Gasteiger partial charge in [0.15, 0.2) is 0 Å². The number of piperazine rings is 1. The molecule has 2 aliphatic rings. The zero-order valence-electron chi connectivity index (χ0n) is 15.7. The largest absolute Gasteiger partial charge is 0.368 e. The average molecular weight is 416 g/mol. The number of nitrogens with one attached hydrogen (secondary N) is 1. The molecule has 0 bridgehead atoms. The molecule has 1 saturated heterocycles. The highest BCUT2D eigenvalue weighted by Crippen LogP contribution is 2.22. The molecule has 0 saturated carbocycles. The number of carbonyl (C=O) groups is 1. The quantitative estimate of drug-likeness (QED) is 0.821. The molecule has 0 aliphatic carbocycles. The molecule has 1 N–H and O–H groups in total. The van der Waals surface area contributed by atoms with E-state index in [9.17, 15) is 17.6 Å². The fourth-order valence-corrected chi connectivity index (χ4v) is 4.79. The second kappa shape index (κ2) is 7.82. The zero-order chi connectivity index (χ0) is 20.4. The number of rotatable bonds is 4. The first kappa shape index (κ1) is 19.4. The van der Waals surface area contributed by atoms with E-state index in [-0.39, 0.29) is 35.4 Å². The van der Waals surface area contributed by atoms with Gasteiger partial charge in [0.25, 0.3) is 10.0 Å². The van der Waals surface area contributed by atoms with Gasteiger partial charge in [-0.1, -0.05) is 12.1 Å². The Labute approximate surface area is 168 Å². The summed E-state index contributed by atoms with van der Waals surface area (Å²) >= 11 is 0. The van der Waals surface area contributed by atoms with E-state index < -0.39 is 10.0 Å². The van der Waals surface area contributed by atoms with Crippen molar-refractivity contribution >= 4 is 27.5 Å². The fourth-order valence-electron chi connectivity index (χ4n) is 3.54. The molecule has 2 aliphatic heterocycles. The number of benzene rings is 2. The Bertz CT molecular complexity index is 1050. The van der Waals surface area contributed by atoms with Crippen LogP contribution in [0.3, 0.4) is 0 Å². The van der Waals surface area contributed by atoms with Crippen molar-refractivity contribution in [2.45, 2.75) is 11.3 Å². The highest BCUT2D eigenvalue weighted by atomic mass is 32.2. The van der Waals surface area contributed by atoms with E-state index in [0.717, 1.165) is 5.69 Å². The Balaban J connectivity index is 1.31. The highest BCUT2D eigenvalue weighted by Gasteiger charge is 2.30. The molecule has 152 valence electrons. The molecule has 0 unspecified atom stereocenters. The van der Waals surface area contributed by atoms with Crippen LogP contribution in [0.15, 0.2) is 58.4 Å². The van der Waals surface area contributed by atoms with Gasteiger partial charge >= 0.3 is 0 Å². The Kier molecular flexibility index (Phi) is 5.23. The lowest BCUT2D eigenvalue weighted by molar-refractivity contribution is -0.131. The molecule has 2 aromatic rings. The van der Waals surface area contributed by atoms with E-state index in [1.54, 1.807) is 35.2 Å². The number of sulfonamides is 1. The third kappa shape index (κ3) is 4.09. The normalized spacial score (nSPS) is 19.1. The first-order valence-electron chi connectivity index (χ1n) is 9.39. The molecule has 9 heteroatoms. The fraction of sp³-hybridized carbons (Fsp3) is 0.300. The average Bonchev–Trinajstić information content (AvgIpc) is 2.99. The topological polar surface area (TPSA) is 82.1 Å². The second-order valence-corrected chi connectivity index (χ2v) is 8.58. The summed E-state index contributed by atoms with van der Waals surface area (Å²) in [6, 6.07) is 13.0. The maximum Gasteiger partial charge on any atom is 0.263 e. The minimum Gasteiger partial charge on any atom is -0.368 e. The molecule has 7 nitrogen and oxygen atoms in total. The Morgan fingerprint density at radius 2 is 1.72 bits per heavy atom. The Hall–Kier alpha value is -2.94. The molecule has 4 rings (SSSR count). The van der Waals surface area contributed by atoms with Crippen molar-refractivity contribution in [1.29, 1.82) is 0 Å². The molecular formula is C20H21FN4O3S. The first-order valence-corrected chi connectivity index (χ1v) is 10.9. The standard InChI is InChI=1S/C20H21FN4O3S/c21-15-5-7-16(8-6-15)24-11-13-25(14-12-24)19(26)9-10-22-20-17-3-1-2-4-18(17)29(27,28)23-20/h1-8H,9-14H2,(H,22,23). The van der Waals surface area contributed by atoms with Gasteiger partial charge in [-0.3, -0.25) is 14.5 Å². The number of nitrogens with zero attached hydrogens (tertiary/aromatic N) is 3. The predicted molar refractivity (Wildman–Crippen MR) is 108 cm³/mol. The van der Waals surface area contributed by atoms with Crippen molar-refractivity contribution in [1.82, 2.24) is 9.62 Å². The van der Waals surface area contributed by atoms with Gasteiger partial charge in [-0.15, -0.1) is 0 Å². The van der Waals surface area contributed by atoms with Gasteiger partial charge in [-0.2, -0.15) is 0 Å². The van der Waals surface area contributed by atoms with Crippen LogP contribution in [0.25, 0.3) is 0 Å². The number of hydrogen-bond donors (Lipinski definition) is 1. The van der Waals surface area contributed by atoms with Crippen LogP contribution in [0.4, 0.5) is 10.1 Å². The summed E-state index contributed by atoms with van der Waals surface area (Å²) in [6.45, 7) is 2.74. The highest BCUT2D eigenvalue weighted by molar-refractivity contribution is 7.90. The number of carbonyl (C=O) groups excluding carboxylic acids is 1. The number of fused-ring (bicyclic) bond motifs is 1. The predicted octanol–water partition coefficient (Wildman–Crippen LogP) is 1.60. The van der Waals surface area contributed by atoms with Crippen LogP contribution in [0.5, 0.6) is 0 Å². The van der Waals surface area contributed by atoms with Gasteiger partial charge in [-0.05, 0) is 36.4 Å². The van der Waals surface area contributed by atoms with E-state index in [2.05, 4.69) is 14.6 Å². The molecule has 1 fully saturated rings. The smallest absolute Gasteiger partial charge is 0.263 e. The van der Waals surface area contributed by atoms with Gasteiger partial charge in [0.1, 0.15) is 11.7 Å². The van der Waals surface area contributed by atoms with Gasteiger partial charge in [0, 0.05) is 43.9 Å². The molecule has 2 heterocycles. The lowest BCUT2D eigenvalue weighted by atomic mass is 10.2. The SMILES string of the molecule is O=C(CCN=C1NS(=O)(=O)c2ccccc21)N1CCN(c2ccc(F)cc2)CC1. The van der Waals surface area contributed by atoms with Crippen LogP contribution < -0.4 is 9.62 Å². The van der Waals surface area contributed by atoms with Crippen molar-refractivity contribution in [2.75, 3.05) is 37.6 Å². The van der Waals surface area contributed by atoms with Crippen LogP contribution >= 0.6 is 0 Å². The minimum atomic E-state index is -3.57. The van der Waals surface area contributed by atoms with E-state index in [0.29, 0.717) is 31.7 Å². The van der Waals surface area contributed by atoms with Crippen LogP contribution in [-0.2, 0) is 14.8 Å². The summed E-state index contributed by atoms with van der Waals surface area (Å²) in [4.78, 5) is 20.9. The molecule has 0 spiro atoms. The van der Waals surface area contributed by atoms with Crippen LogP contribution in [0.2, 0.25) is 0 Å². The minimum absolute atomic E-state index is 0.0118. The van der Waals surface area contributed by atoms with Crippen LogP contribution in [-0.4, -0.2) is 57.8 Å². The Morgan fingerprint density at radius 3 is 2.45 bits per heavy atom. The van der Waals surface area contributed by atoms with E-state index in [1.165, 1.54) is 18.2 Å². The number of amides is 1. The summed E-state index contributed by atoms with van der Waals surface area (Å²) in [5.74, 6) is 0.00753. The van der Waals surface area contributed by atoms with Gasteiger partial charge in [0.05, 0.1) is 11.4 Å². The summed E-state index contributed by atoms with van der Waals surface area (Å²) in [5.41, 5.74) is 1.48. The van der Waals surface area contributed by atoms with Gasteiger partial charge < -0.3 is 9.80 Å². The molecular weight excluding hydrogens is 395 g/mol. The van der Waals surface area contributed by atoms with Crippen LogP contribution in [0, 0.1) is 5.82 Å². The molecule has 1 amide bonds. The lowest BCUT2D eigenvalue weighted by Gasteiger charge is -2.36. The van der Waals surface area contributed by atoms with Crippen molar-refractivity contribution in [3.05, 3.63) is 59.9 Å². The van der Waals surface area contributed by atoms with Gasteiger partial charge in [-0.25, -0.2) is 12.8 Å². The van der Waals surface area contributed by atoms with E-state index in [1.807, 2.05) is 0 Å². The lowest BCUT2D eigenvalue weighted by Crippen LogP contribution is -2.48. The maximum absolute atomic E-state index is 13.1. The maximum atomic E-state index is 13.1. The van der Waals surface area contributed by atoms with Crippen LogP contribution in [0.1, 0.15) is 12.0 Å². The molecule has 29 heavy (non-hydrogen) atoms. The third-order valence-electron chi connectivity index (χ3n) is 5.08. The van der Waals surface area contributed by atoms with Crippen molar-refractivity contribution in [3.8, 4) is 0 Å². The third-order valence-corrected chi connectivity index (χ3v) is 6.48. The number of anilines is 1. The summed E-state index contributed by atoms with van der Waals surface area (Å²) < 4.78 is 39.7. The molecule has 0 atom stereocenters. The summed E-state index contributed by atoms with van der Waals surface area (Å²) in [5, 5.41) is 0. The molecule has 0 aromatic heterocycles. The molecule has 0 radical (unpaired) electrons. The first-order chi connectivity index (χ1) is 13.9. The number of amidine groups is 1. The number of hydrogen-bond acceptors (Lipinski definition) is 5. The van der Waals surface area contributed by atoms with Crippen molar-refractivity contribution in [2.24, 2.45) is 4.99 Å². The van der Waals surface area contributed by atoms with Crippen molar-refractivity contribution < 1.29 is 17.6 Å².